The molecule has 0 radical (unpaired) electrons. The molecule has 1 aliphatic rings. The van der Waals surface area contributed by atoms with Gasteiger partial charge in [0.15, 0.2) is 0 Å². The minimum atomic E-state index is -4.34. The fourth-order valence-corrected chi connectivity index (χ4v) is 2.53. The number of halogens is 2. The van der Waals surface area contributed by atoms with Crippen molar-refractivity contribution in [2.24, 2.45) is 5.73 Å². The van der Waals surface area contributed by atoms with Crippen LogP contribution >= 0.6 is 23.2 Å². The molecular weight excluding hydrogens is 237 g/mol. The van der Waals surface area contributed by atoms with Gasteiger partial charge in [-0.05, 0) is 18.2 Å². The molecule has 13 heavy (non-hydrogen) atoms. The van der Waals surface area contributed by atoms with Crippen LogP contribution in [0.4, 0.5) is 0 Å². The molecule has 0 amide bonds. The van der Waals surface area contributed by atoms with E-state index in [1.54, 1.807) is 0 Å². The van der Waals surface area contributed by atoms with Gasteiger partial charge in [0.1, 0.15) is 10.2 Å². The fourth-order valence-electron chi connectivity index (χ4n) is 0.944. The van der Waals surface area contributed by atoms with Crippen LogP contribution in [0.15, 0.2) is 23.3 Å². The third-order valence-corrected chi connectivity index (χ3v) is 3.48. The van der Waals surface area contributed by atoms with E-state index in [1.165, 1.54) is 12.2 Å². The normalized spacial score (nSPS) is 34.5. The maximum Gasteiger partial charge on any atom is 0.274 e. The Morgan fingerprint density at radius 2 is 2.15 bits per heavy atom. The summed E-state index contributed by atoms with van der Waals surface area (Å²) in [5.41, 5.74) is 5.41. The molecule has 7 heteroatoms. The molecule has 1 rings (SSSR count). The molecule has 0 saturated carbocycles. The van der Waals surface area contributed by atoms with Crippen molar-refractivity contribution < 1.29 is 13.0 Å². The monoisotopic (exact) mass is 243 g/mol. The number of hydrogen-bond donors (Lipinski definition) is 2. The third-order valence-electron chi connectivity index (χ3n) is 1.57. The summed E-state index contributed by atoms with van der Waals surface area (Å²) in [6.07, 6.45) is 3.68. The first-order valence-corrected chi connectivity index (χ1v) is 5.50. The average Bonchev–Trinajstić information content (AvgIpc) is 1.92. The van der Waals surface area contributed by atoms with E-state index in [4.69, 9.17) is 33.5 Å². The Morgan fingerprint density at radius 1 is 1.62 bits per heavy atom. The lowest BCUT2D eigenvalue weighted by atomic mass is 10.1. The molecule has 0 bridgehead atoms. The quantitative estimate of drug-likeness (QED) is 0.406. The number of alkyl halides is 1. The number of hydrogen-bond acceptors (Lipinski definition) is 3. The van der Waals surface area contributed by atoms with Crippen molar-refractivity contribution in [3.8, 4) is 0 Å². The smallest absolute Gasteiger partial charge is 0.274 e. The number of nitrogens with two attached hydrogens (primary N) is 1. The molecule has 3 N–H and O–H groups in total. The van der Waals surface area contributed by atoms with E-state index in [0.29, 0.717) is 0 Å². The Kier molecular flexibility index (Phi) is 2.75. The second-order valence-corrected chi connectivity index (χ2v) is 5.28. The van der Waals surface area contributed by atoms with Gasteiger partial charge in [0, 0.05) is 5.03 Å². The topological polar surface area (TPSA) is 80.4 Å². The van der Waals surface area contributed by atoms with Crippen LogP contribution in [0.1, 0.15) is 0 Å². The van der Waals surface area contributed by atoms with E-state index in [1.807, 2.05) is 0 Å². The highest BCUT2D eigenvalue weighted by atomic mass is 35.5. The summed E-state index contributed by atoms with van der Waals surface area (Å²) in [4.78, 5) is -1.65. The molecule has 0 saturated heterocycles. The first-order valence-electron chi connectivity index (χ1n) is 3.24. The number of rotatable bonds is 1. The Labute approximate surface area is 85.8 Å². The molecule has 0 spiro atoms. The van der Waals surface area contributed by atoms with Gasteiger partial charge in [0.05, 0.1) is 0 Å². The minimum absolute atomic E-state index is 0.171. The highest BCUT2D eigenvalue weighted by Crippen LogP contribution is 2.28. The van der Waals surface area contributed by atoms with Crippen LogP contribution in [-0.4, -0.2) is 23.2 Å². The summed E-state index contributed by atoms with van der Waals surface area (Å²) >= 11 is 11.2. The van der Waals surface area contributed by atoms with E-state index in [2.05, 4.69) is 0 Å². The highest BCUT2D eigenvalue weighted by Gasteiger charge is 2.40. The standard InChI is InChI=1S/C6H7Cl2NO3S/c7-4-1-2-6(8,9)5(3-4)13(10,11)12/h1-3,5H,9H2,(H,10,11,12). The predicted molar refractivity (Wildman–Crippen MR) is 51.2 cm³/mol. The second-order valence-electron chi connectivity index (χ2n) is 2.65. The molecule has 1 aliphatic carbocycles. The van der Waals surface area contributed by atoms with Crippen LogP contribution in [0.5, 0.6) is 0 Å². The molecule has 2 unspecified atom stereocenters. The lowest BCUT2D eigenvalue weighted by Gasteiger charge is -2.26. The fraction of sp³-hybridized carbons (Fsp3) is 0.333. The highest BCUT2D eigenvalue weighted by molar-refractivity contribution is 7.86. The summed E-state index contributed by atoms with van der Waals surface area (Å²) < 4.78 is 30.4. The average molecular weight is 244 g/mol. The first kappa shape index (κ1) is 11.0. The van der Waals surface area contributed by atoms with Crippen molar-refractivity contribution in [1.29, 1.82) is 0 Å². The maximum atomic E-state index is 10.8. The van der Waals surface area contributed by atoms with E-state index >= 15 is 0 Å². The zero-order valence-corrected chi connectivity index (χ0v) is 8.64. The molecular formula is C6H7Cl2NO3S. The van der Waals surface area contributed by atoms with Gasteiger partial charge in [0.2, 0.25) is 0 Å². The van der Waals surface area contributed by atoms with Gasteiger partial charge in [0.25, 0.3) is 10.1 Å². The van der Waals surface area contributed by atoms with Crippen LogP contribution in [0.25, 0.3) is 0 Å². The molecule has 74 valence electrons. The van der Waals surface area contributed by atoms with Crippen LogP contribution in [-0.2, 0) is 10.1 Å². The van der Waals surface area contributed by atoms with Gasteiger partial charge < -0.3 is 5.73 Å². The minimum Gasteiger partial charge on any atom is -0.308 e. The Hall–Kier alpha value is -0.0700. The van der Waals surface area contributed by atoms with E-state index in [-0.39, 0.29) is 5.03 Å². The van der Waals surface area contributed by atoms with Gasteiger partial charge >= 0.3 is 0 Å². The van der Waals surface area contributed by atoms with Crippen molar-refractivity contribution in [1.82, 2.24) is 0 Å². The van der Waals surface area contributed by atoms with Crippen molar-refractivity contribution in [3.63, 3.8) is 0 Å². The van der Waals surface area contributed by atoms with Crippen molar-refractivity contribution in [2.45, 2.75) is 10.2 Å². The van der Waals surface area contributed by atoms with Gasteiger partial charge in [-0.1, -0.05) is 23.2 Å². The van der Waals surface area contributed by atoms with Crippen molar-refractivity contribution in [2.75, 3.05) is 0 Å². The van der Waals surface area contributed by atoms with Gasteiger partial charge in [-0.2, -0.15) is 8.42 Å². The van der Waals surface area contributed by atoms with E-state index in [9.17, 15) is 8.42 Å². The molecule has 4 nitrogen and oxygen atoms in total. The summed E-state index contributed by atoms with van der Waals surface area (Å²) in [6.45, 7) is 0. The van der Waals surface area contributed by atoms with Gasteiger partial charge in [-0.25, -0.2) is 0 Å². The summed E-state index contributed by atoms with van der Waals surface area (Å²) in [5, 5.41) is -1.25. The molecule has 0 aromatic rings. The molecule has 0 heterocycles. The summed E-state index contributed by atoms with van der Waals surface area (Å²) in [6, 6.07) is 0. The Morgan fingerprint density at radius 3 is 2.54 bits per heavy atom. The lowest BCUT2D eigenvalue weighted by Crippen LogP contribution is -2.48. The van der Waals surface area contributed by atoms with Crippen LogP contribution < -0.4 is 5.73 Å². The molecule has 0 fully saturated rings. The van der Waals surface area contributed by atoms with Crippen molar-refractivity contribution >= 4 is 33.3 Å². The van der Waals surface area contributed by atoms with Gasteiger partial charge in [-0.3, -0.25) is 4.55 Å². The lowest BCUT2D eigenvalue weighted by molar-refractivity contribution is 0.465. The molecule has 0 aliphatic heterocycles. The second kappa shape index (κ2) is 3.25. The first-order chi connectivity index (χ1) is 5.73. The number of allylic oxidation sites excluding steroid dienone is 2. The van der Waals surface area contributed by atoms with Crippen LogP contribution in [0.2, 0.25) is 0 Å². The molecule has 2 atom stereocenters. The summed E-state index contributed by atoms with van der Waals surface area (Å²) in [7, 11) is -4.34. The predicted octanol–water partition coefficient (Wildman–Crippen LogP) is 0.829. The summed E-state index contributed by atoms with van der Waals surface area (Å²) in [5.74, 6) is 0. The van der Waals surface area contributed by atoms with Crippen LogP contribution in [0.3, 0.4) is 0 Å². The molecule has 0 aromatic heterocycles. The maximum absolute atomic E-state index is 10.8. The SMILES string of the molecule is NC1(Cl)C=CC(Cl)=CC1S(=O)(=O)O. The van der Waals surface area contributed by atoms with Gasteiger partial charge in [-0.15, -0.1) is 0 Å². The Bertz CT molecular complexity index is 371. The van der Waals surface area contributed by atoms with E-state index in [0.717, 1.165) is 6.08 Å². The van der Waals surface area contributed by atoms with E-state index < -0.39 is 20.4 Å². The zero-order chi connectivity index (χ0) is 10.3. The third kappa shape index (κ3) is 2.45. The molecule has 0 aromatic carbocycles. The zero-order valence-electron chi connectivity index (χ0n) is 6.31. The Balaban J connectivity index is 3.17. The van der Waals surface area contributed by atoms with Crippen molar-refractivity contribution in [3.05, 3.63) is 23.3 Å². The largest absolute Gasteiger partial charge is 0.308 e. The van der Waals surface area contributed by atoms with Crippen LogP contribution in [0, 0.1) is 0 Å².